The number of ether oxygens (including phenoxy) is 1. The molecule has 0 fully saturated rings. The van der Waals surface area contributed by atoms with Crippen LogP contribution in [0.5, 0.6) is 0 Å². The zero-order valence-electron chi connectivity index (χ0n) is 15.8. The summed E-state index contributed by atoms with van der Waals surface area (Å²) in [6.07, 6.45) is 1.40. The van der Waals surface area contributed by atoms with E-state index in [0.717, 1.165) is 12.1 Å². The van der Waals surface area contributed by atoms with Crippen molar-refractivity contribution in [2.75, 3.05) is 0 Å². The summed E-state index contributed by atoms with van der Waals surface area (Å²) in [5.74, 6) is -4.34. The maximum atomic E-state index is 13.4. The Bertz CT molecular complexity index is 739. The maximum Gasteiger partial charge on any atom is 0.338 e. The van der Waals surface area contributed by atoms with E-state index in [-0.39, 0.29) is 6.42 Å². The van der Waals surface area contributed by atoms with Crippen LogP contribution in [0.15, 0.2) is 42.5 Å². The lowest BCUT2D eigenvalue weighted by Crippen LogP contribution is -2.21. The van der Waals surface area contributed by atoms with Crippen LogP contribution >= 0.6 is 0 Å². The molecule has 0 radical (unpaired) electrons. The van der Waals surface area contributed by atoms with Crippen molar-refractivity contribution in [2.24, 2.45) is 0 Å². The number of hydrogen-bond donors (Lipinski definition) is 0. The van der Waals surface area contributed by atoms with Crippen LogP contribution in [0.4, 0.5) is 17.6 Å². The number of unbranched alkanes of at least 4 members (excludes halogenated alkanes) is 2. The number of aryl methyl sites for hydroxylation is 1. The van der Waals surface area contributed by atoms with Gasteiger partial charge in [-0.1, -0.05) is 24.6 Å². The summed E-state index contributed by atoms with van der Waals surface area (Å²) in [4.78, 5) is 12.2. The first-order valence-corrected chi connectivity index (χ1v) is 9.40. The van der Waals surface area contributed by atoms with Gasteiger partial charge in [0.1, 0.15) is 12.3 Å². The van der Waals surface area contributed by atoms with Crippen molar-refractivity contribution in [3.8, 4) is 0 Å². The van der Waals surface area contributed by atoms with Crippen LogP contribution in [0.2, 0.25) is 0 Å². The molecule has 0 bridgehead atoms. The Labute approximate surface area is 162 Å². The molecule has 0 aliphatic rings. The minimum atomic E-state index is -1.47. The predicted octanol–water partition coefficient (Wildman–Crippen LogP) is 6.18. The van der Waals surface area contributed by atoms with Gasteiger partial charge in [0.15, 0.2) is 17.5 Å². The lowest BCUT2D eigenvalue weighted by atomic mass is 10.0. The first-order chi connectivity index (χ1) is 13.4. The molecule has 0 aromatic heterocycles. The number of rotatable bonds is 10. The lowest BCUT2D eigenvalue weighted by molar-refractivity contribution is 0.0202. The van der Waals surface area contributed by atoms with Crippen molar-refractivity contribution in [2.45, 2.75) is 57.7 Å². The smallest absolute Gasteiger partial charge is 0.338 e. The Balaban J connectivity index is 1.79. The van der Waals surface area contributed by atoms with Gasteiger partial charge in [-0.15, -0.1) is 0 Å². The number of esters is 1. The molecule has 2 atom stereocenters. The van der Waals surface area contributed by atoms with Crippen LogP contribution in [0.3, 0.4) is 0 Å². The highest BCUT2D eigenvalue weighted by atomic mass is 19.2. The second-order valence-corrected chi connectivity index (χ2v) is 6.88. The molecule has 2 nitrogen and oxygen atoms in total. The molecule has 0 heterocycles. The minimum Gasteiger partial charge on any atom is -0.459 e. The first kappa shape index (κ1) is 21.9. The zero-order valence-corrected chi connectivity index (χ0v) is 15.8. The molecule has 0 saturated carbocycles. The van der Waals surface area contributed by atoms with Gasteiger partial charge in [0.05, 0.1) is 5.56 Å². The van der Waals surface area contributed by atoms with Crippen molar-refractivity contribution < 1.29 is 27.1 Å². The van der Waals surface area contributed by atoms with Crippen molar-refractivity contribution in [1.29, 1.82) is 0 Å². The number of hydrogen-bond acceptors (Lipinski definition) is 2. The van der Waals surface area contributed by atoms with Crippen LogP contribution in [0.25, 0.3) is 0 Å². The third-order valence-corrected chi connectivity index (χ3v) is 4.41. The van der Waals surface area contributed by atoms with E-state index in [1.807, 2.05) is 0 Å². The normalized spacial score (nSPS) is 13.2. The van der Waals surface area contributed by atoms with Crippen molar-refractivity contribution in [1.82, 2.24) is 0 Å². The molecule has 0 N–H and O–H groups in total. The number of benzene rings is 2. The molecule has 2 rings (SSSR count). The van der Waals surface area contributed by atoms with Gasteiger partial charge in [-0.3, -0.25) is 0 Å². The Kier molecular flexibility index (Phi) is 8.48. The highest BCUT2D eigenvalue weighted by Gasteiger charge is 2.18. The Morgan fingerprint density at radius 1 is 1.00 bits per heavy atom. The second kappa shape index (κ2) is 10.8. The van der Waals surface area contributed by atoms with E-state index in [1.165, 1.54) is 6.92 Å². The summed E-state index contributed by atoms with van der Waals surface area (Å²) >= 11 is 0. The van der Waals surface area contributed by atoms with E-state index < -0.39 is 35.7 Å². The van der Waals surface area contributed by atoms with Crippen molar-refractivity contribution in [3.63, 3.8) is 0 Å². The molecule has 0 amide bonds. The quantitative estimate of drug-likeness (QED) is 0.207. The number of halogens is 4. The van der Waals surface area contributed by atoms with Crippen molar-refractivity contribution >= 4 is 5.97 Å². The highest BCUT2D eigenvalue weighted by molar-refractivity contribution is 5.89. The molecule has 2 unspecified atom stereocenters. The second-order valence-electron chi connectivity index (χ2n) is 6.88. The summed E-state index contributed by atoms with van der Waals surface area (Å²) in [7, 11) is 0. The molecule has 6 heteroatoms. The third-order valence-electron chi connectivity index (χ3n) is 4.41. The Morgan fingerprint density at radius 3 is 2.25 bits per heavy atom. The molecule has 2 aromatic rings. The third kappa shape index (κ3) is 6.98. The minimum absolute atomic E-state index is 0.118. The zero-order chi connectivity index (χ0) is 20.5. The monoisotopic (exact) mass is 396 g/mol. The Hall–Kier alpha value is -2.37. The van der Waals surface area contributed by atoms with Crippen LogP contribution in [-0.2, 0) is 11.2 Å². The Morgan fingerprint density at radius 2 is 1.64 bits per heavy atom. The fourth-order valence-electron chi connectivity index (χ4n) is 3.01. The van der Waals surface area contributed by atoms with E-state index in [9.17, 15) is 22.4 Å². The fourth-order valence-corrected chi connectivity index (χ4v) is 3.01. The molecule has 152 valence electrons. The molecule has 28 heavy (non-hydrogen) atoms. The van der Waals surface area contributed by atoms with Crippen LogP contribution in [0, 0.1) is 17.5 Å². The summed E-state index contributed by atoms with van der Waals surface area (Å²) in [6.45, 7) is 1.42. The van der Waals surface area contributed by atoms with E-state index in [1.54, 1.807) is 30.3 Å². The average molecular weight is 396 g/mol. The molecule has 0 spiro atoms. The van der Waals surface area contributed by atoms with Gasteiger partial charge in [0.2, 0.25) is 0 Å². The van der Waals surface area contributed by atoms with Gasteiger partial charge >= 0.3 is 5.97 Å². The van der Waals surface area contributed by atoms with Crippen LogP contribution in [0.1, 0.15) is 54.9 Å². The van der Waals surface area contributed by atoms with E-state index in [0.29, 0.717) is 43.2 Å². The number of carbonyl (C=O) groups excluding carboxylic acids is 1. The van der Waals surface area contributed by atoms with Gasteiger partial charge in [-0.05, 0) is 62.4 Å². The fraction of sp³-hybridized carbons (Fsp3) is 0.409. The summed E-state index contributed by atoms with van der Waals surface area (Å²) in [5, 5.41) is 0. The highest BCUT2D eigenvalue weighted by Crippen LogP contribution is 2.19. The van der Waals surface area contributed by atoms with Crippen LogP contribution in [-0.4, -0.2) is 18.2 Å². The van der Waals surface area contributed by atoms with E-state index >= 15 is 0 Å². The molecule has 2 aromatic carbocycles. The summed E-state index contributed by atoms with van der Waals surface area (Å²) < 4.78 is 58.2. The van der Waals surface area contributed by atoms with Gasteiger partial charge in [0.25, 0.3) is 0 Å². The lowest BCUT2D eigenvalue weighted by Gasteiger charge is -2.18. The average Bonchev–Trinajstić information content (AvgIpc) is 2.65. The standard InChI is InChI=1S/C22H24F4O2/c1-15(23)12-18(28-22(27)17-9-5-3-6-10-17)11-7-2-4-8-16-13-19(24)21(26)20(25)14-16/h3,5-6,9-10,13-15,18H,2,4,7-8,11-12H2,1H3. The van der Waals surface area contributed by atoms with E-state index in [4.69, 9.17) is 4.74 Å². The SMILES string of the molecule is CC(F)CC(CCCCCc1cc(F)c(F)c(F)c1)OC(=O)c1ccccc1. The topological polar surface area (TPSA) is 26.3 Å². The molecule has 0 saturated heterocycles. The largest absolute Gasteiger partial charge is 0.459 e. The first-order valence-electron chi connectivity index (χ1n) is 9.40. The summed E-state index contributed by atoms with van der Waals surface area (Å²) in [5.41, 5.74) is 0.806. The van der Waals surface area contributed by atoms with Crippen LogP contribution < -0.4 is 0 Å². The number of alkyl halides is 1. The molecular formula is C22H24F4O2. The van der Waals surface area contributed by atoms with Gasteiger partial charge in [-0.25, -0.2) is 22.4 Å². The molecule has 0 aliphatic carbocycles. The maximum absolute atomic E-state index is 13.4. The summed E-state index contributed by atoms with van der Waals surface area (Å²) in [6, 6.07) is 10.5. The number of carbonyl (C=O) groups is 1. The van der Waals surface area contributed by atoms with Gasteiger partial charge in [0, 0.05) is 6.42 Å². The molecule has 0 aliphatic heterocycles. The van der Waals surface area contributed by atoms with Gasteiger partial charge in [-0.2, -0.15) is 0 Å². The predicted molar refractivity (Wildman–Crippen MR) is 99.3 cm³/mol. The van der Waals surface area contributed by atoms with Crippen molar-refractivity contribution in [3.05, 3.63) is 71.0 Å². The van der Waals surface area contributed by atoms with E-state index in [2.05, 4.69) is 0 Å². The van der Waals surface area contributed by atoms with Gasteiger partial charge < -0.3 is 4.74 Å². The molecular weight excluding hydrogens is 372 g/mol.